The zero-order valence-corrected chi connectivity index (χ0v) is 12.1. The number of carbonyl (C=O) groups excluding carboxylic acids is 2. The van der Waals surface area contributed by atoms with Crippen LogP contribution in [0.2, 0.25) is 0 Å². The fourth-order valence-electron chi connectivity index (χ4n) is 1.82. The minimum atomic E-state index is -0.333. The lowest BCUT2D eigenvalue weighted by molar-refractivity contribution is -0.141. The molecule has 0 spiro atoms. The highest BCUT2D eigenvalue weighted by Gasteiger charge is 2.07. The number of ether oxygens (including phenoxy) is 1. The van der Waals surface area contributed by atoms with Gasteiger partial charge in [-0.25, -0.2) is 0 Å². The van der Waals surface area contributed by atoms with E-state index >= 15 is 0 Å². The van der Waals surface area contributed by atoms with Crippen molar-refractivity contribution in [2.24, 2.45) is 0 Å². The summed E-state index contributed by atoms with van der Waals surface area (Å²) >= 11 is 0. The Morgan fingerprint density at radius 2 is 1.95 bits per heavy atom. The number of para-hydroxylation sites is 1. The highest BCUT2D eigenvalue weighted by Crippen LogP contribution is 2.12. The van der Waals surface area contributed by atoms with E-state index in [4.69, 9.17) is 4.74 Å². The van der Waals surface area contributed by atoms with Crippen molar-refractivity contribution in [3.8, 4) is 0 Å². The molecular formula is C15H22N2O3. The van der Waals surface area contributed by atoms with E-state index in [2.05, 4.69) is 17.1 Å². The van der Waals surface area contributed by atoms with Gasteiger partial charge in [0.1, 0.15) is 6.61 Å². The molecule has 0 saturated heterocycles. The molecule has 0 fully saturated rings. The molecule has 1 aromatic rings. The van der Waals surface area contributed by atoms with Gasteiger partial charge in [-0.1, -0.05) is 18.2 Å². The summed E-state index contributed by atoms with van der Waals surface area (Å²) in [6, 6.07) is 10.00. The summed E-state index contributed by atoms with van der Waals surface area (Å²) in [5.41, 5.74) is 1.11. The summed E-state index contributed by atoms with van der Waals surface area (Å²) < 4.78 is 4.74. The average Bonchev–Trinajstić information content (AvgIpc) is 2.45. The number of hydrogen-bond donors (Lipinski definition) is 1. The number of anilines is 1. The van der Waals surface area contributed by atoms with Crippen LogP contribution in [0.15, 0.2) is 30.3 Å². The fraction of sp³-hybridized carbons (Fsp3) is 0.467. The Hall–Kier alpha value is -2.04. The number of nitrogens with one attached hydrogen (secondary N) is 1. The fourth-order valence-corrected chi connectivity index (χ4v) is 1.82. The Labute approximate surface area is 119 Å². The molecule has 0 aliphatic rings. The van der Waals surface area contributed by atoms with Gasteiger partial charge in [-0.05, 0) is 19.1 Å². The summed E-state index contributed by atoms with van der Waals surface area (Å²) in [5, 5.41) is 2.73. The first-order valence-corrected chi connectivity index (χ1v) is 6.83. The molecule has 0 radical (unpaired) electrons. The van der Waals surface area contributed by atoms with E-state index in [-0.39, 0.29) is 18.5 Å². The van der Waals surface area contributed by atoms with Crippen LogP contribution in [0.1, 0.15) is 20.3 Å². The Morgan fingerprint density at radius 1 is 1.25 bits per heavy atom. The first-order chi connectivity index (χ1) is 9.63. The molecule has 0 aromatic heterocycles. The SMILES string of the molecule is CCN(CCC(=O)NCCOC(C)=O)c1ccccc1. The van der Waals surface area contributed by atoms with Gasteiger partial charge >= 0.3 is 5.97 Å². The second-order valence-corrected chi connectivity index (χ2v) is 4.36. The Morgan fingerprint density at radius 3 is 2.55 bits per heavy atom. The minimum Gasteiger partial charge on any atom is -0.464 e. The van der Waals surface area contributed by atoms with Crippen LogP contribution in [0.4, 0.5) is 5.69 Å². The molecule has 110 valence electrons. The number of nitrogens with zero attached hydrogens (tertiary/aromatic N) is 1. The van der Waals surface area contributed by atoms with E-state index in [1.54, 1.807) is 0 Å². The van der Waals surface area contributed by atoms with Crippen molar-refractivity contribution >= 4 is 17.6 Å². The lowest BCUT2D eigenvalue weighted by Gasteiger charge is -2.22. The van der Waals surface area contributed by atoms with Gasteiger partial charge in [0.2, 0.25) is 5.91 Å². The van der Waals surface area contributed by atoms with Crippen molar-refractivity contribution in [1.29, 1.82) is 0 Å². The maximum atomic E-state index is 11.7. The third-order valence-electron chi connectivity index (χ3n) is 2.84. The van der Waals surface area contributed by atoms with Gasteiger partial charge < -0.3 is 15.0 Å². The molecule has 0 bridgehead atoms. The van der Waals surface area contributed by atoms with Crippen LogP contribution < -0.4 is 10.2 Å². The zero-order chi connectivity index (χ0) is 14.8. The van der Waals surface area contributed by atoms with Gasteiger partial charge in [0.15, 0.2) is 0 Å². The number of esters is 1. The Kier molecular flexibility index (Phi) is 7.17. The van der Waals surface area contributed by atoms with Crippen LogP contribution in [-0.4, -0.2) is 38.1 Å². The topological polar surface area (TPSA) is 58.6 Å². The van der Waals surface area contributed by atoms with Crippen LogP contribution >= 0.6 is 0 Å². The normalized spacial score (nSPS) is 9.90. The van der Waals surface area contributed by atoms with Crippen LogP contribution in [-0.2, 0) is 14.3 Å². The van der Waals surface area contributed by atoms with Crippen LogP contribution in [0, 0.1) is 0 Å². The Bertz CT molecular complexity index is 420. The van der Waals surface area contributed by atoms with Crippen LogP contribution in [0.3, 0.4) is 0 Å². The van der Waals surface area contributed by atoms with Crippen LogP contribution in [0.5, 0.6) is 0 Å². The van der Waals surface area contributed by atoms with Gasteiger partial charge in [0, 0.05) is 32.1 Å². The summed E-state index contributed by atoms with van der Waals surface area (Å²) in [6.07, 6.45) is 0.419. The van der Waals surface area contributed by atoms with E-state index in [0.29, 0.717) is 19.5 Å². The molecule has 0 unspecified atom stereocenters. The van der Waals surface area contributed by atoms with Gasteiger partial charge in [-0.15, -0.1) is 0 Å². The predicted molar refractivity (Wildman–Crippen MR) is 78.6 cm³/mol. The van der Waals surface area contributed by atoms with E-state index in [1.165, 1.54) is 6.92 Å². The Balaban J connectivity index is 2.27. The molecule has 20 heavy (non-hydrogen) atoms. The van der Waals surface area contributed by atoms with E-state index in [1.807, 2.05) is 30.3 Å². The molecule has 5 heteroatoms. The number of amides is 1. The van der Waals surface area contributed by atoms with Crippen molar-refractivity contribution in [3.05, 3.63) is 30.3 Å². The van der Waals surface area contributed by atoms with Crippen molar-refractivity contribution < 1.29 is 14.3 Å². The van der Waals surface area contributed by atoms with Gasteiger partial charge in [0.25, 0.3) is 0 Å². The smallest absolute Gasteiger partial charge is 0.302 e. The maximum absolute atomic E-state index is 11.7. The molecule has 1 amide bonds. The summed E-state index contributed by atoms with van der Waals surface area (Å²) in [7, 11) is 0. The lowest BCUT2D eigenvalue weighted by atomic mass is 10.2. The third-order valence-corrected chi connectivity index (χ3v) is 2.84. The molecule has 0 aliphatic carbocycles. The zero-order valence-electron chi connectivity index (χ0n) is 12.1. The molecule has 1 rings (SSSR count). The first kappa shape index (κ1) is 16.0. The molecule has 0 saturated carbocycles. The summed E-state index contributed by atoms with van der Waals surface area (Å²) in [6.45, 7) is 5.50. The largest absolute Gasteiger partial charge is 0.464 e. The van der Waals surface area contributed by atoms with Crippen molar-refractivity contribution in [3.63, 3.8) is 0 Å². The van der Waals surface area contributed by atoms with Crippen molar-refractivity contribution in [2.45, 2.75) is 20.3 Å². The van der Waals surface area contributed by atoms with Crippen LogP contribution in [0.25, 0.3) is 0 Å². The number of carbonyl (C=O) groups is 2. The van der Waals surface area contributed by atoms with Gasteiger partial charge in [0.05, 0.1) is 6.54 Å². The number of hydrogen-bond acceptors (Lipinski definition) is 4. The molecule has 5 nitrogen and oxygen atoms in total. The highest BCUT2D eigenvalue weighted by molar-refractivity contribution is 5.76. The first-order valence-electron chi connectivity index (χ1n) is 6.83. The van der Waals surface area contributed by atoms with E-state index in [0.717, 1.165) is 12.2 Å². The average molecular weight is 278 g/mol. The molecule has 0 heterocycles. The molecule has 1 aromatic carbocycles. The summed E-state index contributed by atoms with van der Waals surface area (Å²) in [4.78, 5) is 24.4. The molecular weight excluding hydrogens is 256 g/mol. The monoisotopic (exact) mass is 278 g/mol. The number of benzene rings is 1. The lowest BCUT2D eigenvalue weighted by Crippen LogP contribution is -2.32. The van der Waals surface area contributed by atoms with Gasteiger partial charge in [-0.3, -0.25) is 9.59 Å². The second kappa shape index (κ2) is 8.96. The van der Waals surface area contributed by atoms with E-state index in [9.17, 15) is 9.59 Å². The predicted octanol–water partition coefficient (Wildman–Crippen LogP) is 1.58. The quantitative estimate of drug-likeness (QED) is 0.579. The van der Waals surface area contributed by atoms with Gasteiger partial charge in [-0.2, -0.15) is 0 Å². The maximum Gasteiger partial charge on any atom is 0.302 e. The van der Waals surface area contributed by atoms with Crippen molar-refractivity contribution in [2.75, 3.05) is 31.1 Å². The third kappa shape index (κ3) is 6.22. The molecule has 0 aliphatic heterocycles. The minimum absolute atomic E-state index is 0.0356. The van der Waals surface area contributed by atoms with E-state index < -0.39 is 0 Å². The highest BCUT2D eigenvalue weighted by atomic mass is 16.5. The molecule has 0 atom stereocenters. The molecule has 1 N–H and O–H groups in total. The standard InChI is InChI=1S/C15H22N2O3/c1-3-17(14-7-5-4-6-8-14)11-9-15(19)16-10-12-20-13(2)18/h4-8H,3,9-12H2,1-2H3,(H,16,19). The number of rotatable bonds is 8. The van der Waals surface area contributed by atoms with Crippen molar-refractivity contribution in [1.82, 2.24) is 5.32 Å². The second-order valence-electron chi connectivity index (χ2n) is 4.36. The summed E-state index contributed by atoms with van der Waals surface area (Å²) in [5.74, 6) is -0.369.